The minimum absolute atomic E-state index is 0.118. The monoisotopic (exact) mass is 460 g/mol. The van der Waals surface area contributed by atoms with Crippen molar-refractivity contribution in [3.63, 3.8) is 0 Å². The third-order valence-corrected chi connectivity index (χ3v) is 6.13. The van der Waals surface area contributed by atoms with E-state index < -0.39 is 0 Å². The predicted molar refractivity (Wildman–Crippen MR) is 126 cm³/mol. The molecule has 0 spiro atoms. The third-order valence-electron chi connectivity index (χ3n) is 6.13. The highest BCUT2D eigenvalue weighted by Crippen LogP contribution is 2.35. The Morgan fingerprint density at radius 3 is 2.76 bits per heavy atom. The van der Waals surface area contributed by atoms with Crippen molar-refractivity contribution in [2.75, 3.05) is 20.3 Å². The van der Waals surface area contributed by atoms with E-state index >= 15 is 4.39 Å². The fourth-order valence-electron chi connectivity index (χ4n) is 4.43. The molecular formula is C26H25FN4O3. The van der Waals surface area contributed by atoms with Crippen molar-refractivity contribution in [2.45, 2.75) is 20.0 Å². The molecule has 1 amide bonds. The number of aryl methyl sites for hydroxylation is 2. The molecule has 2 aromatic heterocycles. The summed E-state index contributed by atoms with van der Waals surface area (Å²) in [5.74, 6) is 0.196. The summed E-state index contributed by atoms with van der Waals surface area (Å²) in [6, 6.07) is 10.8. The Labute approximate surface area is 196 Å². The van der Waals surface area contributed by atoms with Crippen LogP contribution in [0, 0.1) is 12.7 Å². The maximum Gasteiger partial charge on any atom is 0.256 e. The Balaban J connectivity index is 1.46. The zero-order chi connectivity index (χ0) is 23.8. The molecule has 3 heterocycles. The summed E-state index contributed by atoms with van der Waals surface area (Å²) in [6.45, 7) is 3.34. The van der Waals surface area contributed by atoms with Crippen LogP contribution in [0.3, 0.4) is 0 Å². The number of ether oxygens (including phenoxy) is 2. The van der Waals surface area contributed by atoms with Gasteiger partial charge in [-0.3, -0.25) is 14.5 Å². The number of fused-ring (bicyclic) bond motifs is 2. The number of amides is 1. The number of methoxy groups -OCH3 is 1. The van der Waals surface area contributed by atoms with Crippen LogP contribution in [-0.4, -0.2) is 45.9 Å². The molecule has 1 aliphatic rings. The summed E-state index contributed by atoms with van der Waals surface area (Å²) < 4.78 is 28.0. The molecule has 0 atom stereocenters. The number of hydrogen-bond donors (Lipinski definition) is 0. The Kier molecular flexibility index (Phi) is 5.75. The average molecular weight is 461 g/mol. The second-order valence-electron chi connectivity index (χ2n) is 8.43. The predicted octanol–water partition coefficient (Wildman–Crippen LogP) is 4.26. The van der Waals surface area contributed by atoms with Crippen LogP contribution in [0.5, 0.6) is 5.75 Å². The van der Waals surface area contributed by atoms with Gasteiger partial charge in [-0.15, -0.1) is 0 Å². The van der Waals surface area contributed by atoms with Gasteiger partial charge in [0.1, 0.15) is 23.7 Å². The normalized spacial score (nSPS) is 13.1. The van der Waals surface area contributed by atoms with Crippen molar-refractivity contribution in [1.82, 2.24) is 19.7 Å². The highest BCUT2D eigenvalue weighted by Gasteiger charge is 2.29. The van der Waals surface area contributed by atoms with E-state index in [1.54, 1.807) is 35.0 Å². The summed E-state index contributed by atoms with van der Waals surface area (Å²) in [5.41, 5.74) is 4.93. The van der Waals surface area contributed by atoms with Gasteiger partial charge >= 0.3 is 0 Å². The van der Waals surface area contributed by atoms with Crippen molar-refractivity contribution in [3.05, 3.63) is 77.0 Å². The molecule has 7 nitrogen and oxygen atoms in total. The minimum Gasteiger partial charge on any atom is -0.489 e. The van der Waals surface area contributed by atoms with Crippen LogP contribution in [0.25, 0.3) is 22.0 Å². The van der Waals surface area contributed by atoms with Gasteiger partial charge in [-0.25, -0.2) is 4.39 Å². The van der Waals surface area contributed by atoms with Crippen LogP contribution in [0.2, 0.25) is 0 Å². The number of carbonyl (C=O) groups excluding carboxylic acids is 1. The van der Waals surface area contributed by atoms with Gasteiger partial charge in [0.2, 0.25) is 0 Å². The molecule has 0 saturated heterocycles. The molecular weight excluding hydrogens is 435 g/mol. The topological polar surface area (TPSA) is 69.5 Å². The molecule has 8 heteroatoms. The van der Waals surface area contributed by atoms with E-state index in [-0.39, 0.29) is 18.3 Å². The van der Waals surface area contributed by atoms with Gasteiger partial charge < -0.3 is 14.4 Å². The van der Waals surface area contributed by atoms with Gasteiger partial charge in [-0.05, 0) is 53.9 Å². The lowest BCUT2D eigenvalue weighted by Gasteiger charge is -2.18. The summed E-state index contributed by atoms with van der Waals surface area (Å²) in [5, 5.41) is 5.42. The fourth-order valence-corrected chi connectivity index (χ4v) is 4.43. The standard InChI is InChI=1S/C26H25FN4O3/c1-16-11-17(18-6-7-24(34-10-9-33-3)25-21(18)13-30(2)29-25)12-22(27)20(16)14-31-15-23-19(26(31)32)5-4-8-28-23/h4-8,11-13H,9-10,14-15H2,1-3H3. The van der Waals surface area contributed by atoms with E-state index in [0.29, 0.717) is 42.2 Å². The average Bonchev–Trinajstić information content (AvgIpc) is 3.36. The van der Waals surface area contributed by atoms with Gasteiger partial charge in [-0.2, -0.15) is 5.10 Å². The molecule has 0 bridgehead atoms. The molecule has 4 aromatic rings. The summed E-state index contributed by atoms with van der Waals surface area (Å²) in [4.78, 5) is 18.6. The molecule has 2 aromatic carbocycles. The molecule has 34 heavy (non-hydrogen) atoms. The number of carbonyl (C=O) groups is 1. The Morgan fingerprint density at radius 2 is 2.00 bits per heavy atom. The Bertz CT molecular complexity index is 1380. The first-order valence-electron chi connectivity index (χ1n) is 11.1. The highest BCUT2D eigenvalue weighted by molar-refractivity contribution is 5.98. The van der Waals surface area contributed by atoms with Crippen molar-refractivity contribution >= 4 is 16.8 Å². The van der Waals surface area contributed by atoms with E-state index in [4.69, 9.17) is 9.47 Å². The lowest BCUT2D eigenvalue weighted by molar-refractivity contribution is 0.0764. The fraction of sp³-hybridized carbons (Fsp3) is 0.269. The maximum absolute atomic E-state index is 15.4. The van der Waals surface area contributed by atoms with Crippen molar-refractivity contribution < 1.29 is 18.7 Å². The number of nitrogens with zero attached hydrogens (tertiary/aromatic N) is 4. The lowest BCUT2D eigenvalue weighted by Crippen LogP contribution is -2.24. The van der Waals surface area contributed by atoms with Gasteiger partial charge in [0.25, 0.3) is 5.91 Å². The van der Waals surface area contributed by atoms with E-state index in [0.717, 1.165) is 27.8 Å². The molecule has 0 N–H and O–H groups in total. The van der Waals surface area contributed by atoms with E-state index in [1.165, 1.54) is 6.07 Å². The van der Waals surface area contributed by atoms with Crippen LogP contribution in [0.4, 0.5) is 4.39 Å². The zero-order valence-corrected chi connectivity index (χ0v) is 19.3. The summed E-state index contributed by atoms with van der Waals surface area (Å²) in [6.07, 6.45) is 3.57. The number of benzene rings is 2. The first kappa shape index (κ1) is 22.0. The van der Waals surface area contributed by atoms with Crippen LogP contribution in [0.15, 0.2) is 48.8 Å². The van der Waals surface area contributed by atoms with Crippen molar-refractivity contribution in [2.24, 2.45) is 7.05 Å². The van der Waals surface area contributed by atoms with Gasteiger partial charge in [0, 0.05) is 44.0 Å². The second kappa shape index (κ2) is 8.87. The van der Waals surface area contributed by atoms with Gasteiger partial charge in [0.05, 0.1) is 24.4 Å². The molecule has 174 valence electrons. The smallest absolute Gasteiger partial charge is 0.256 e. The lowest BCUT2D eigenvalue weighted by atomic mass is 9.96. The molecule has 5 rings (SSSR count). The number of halogens is 1. The summed E-state index contributed by atoms with van der Waals surface area (Å²) >= 11 is 0. The molecule has 0 unspecified atom stereocenters. The first-order valence-corrected chi connectivity index (χ1v) is 11.1. The van der Waals surface area contributed by atoms with Crippen LogP contribution in [-0.2, 0) is 24.9 Å². The summed E-state index contributed by atoms with van der Waals surface area (Å²) in [7, 11) is 3.47. The molecule has 0 fully saturated rings. The molecule has 1 aliphatic heterocycles. The first-order chi connectivity index (χ1) is 16.5. The van der Waals surface area contributed by atoms with Crippen molar-refractivity contribution in [3.8, 4) is 16.9 Å². The number of pyridine rings is 1. The second-order valence-corrected chi connectivity index (χ2v) is 8.43. The van der Waals surface area contributed by atoms with E-state index in [2.05, 4.69) is 10.1 Å². The van der Waals surface area contributed by atoms with Crippen molar-refractivity contribution in [1.29, 1.82) is 0 Å². The third kappa shape index (κ3) is 3.90. The van der Waals surface area contributed by atoms with Gasteiger partial charge in [0.15, 0.2) is 0 Å². The number of aromatic nitrogens is 3. The highest BCUT2D eigenvalue weighted by atomic mass is 19.1. The number of hydrogen-bond acceptors (Lipinski definition) is 5. The minimum atomic E-state index is -0.343. The van der Waals surface area contributed by atoms with E-state index in [1.807, 2.05) is 38.4 Å². The quantitative estimate of drug-likeness (QED) is 0.386. The largest absolute Gasteiger partial charge is 0.489 e. The number of rotatable bonds is 7. The zero-order valence-electron chi connectivity index (χ0n) is 19.3. The van der Waals surface area contributed by atoms with E-state index in [9.17, 15) is 4.79 Å². The Morgan fingerprint density at radius 1 is 1.15 bits per heavy atom. The molecule has 0 radical (unpaired) electrons. The van der Waals surface area contributed by atoms with Crippen LogP contribution in [0.1, 0.15) is 27.2 Å². The SMILES string of the molecule is COCCOc1ccc(-c2cc(C)c(CN3Cc4ncccc4C3=O)c(F)c2)c2cn(C)nc12. The Hall–Kier alpha value is -3.78. The molecule has 0 saturated carbocycles. The van der Waals surface area contributed by atoms with Crippen LogP contribution < -0.4 is 4.74 Å². The molecule has 0 aliphatic carbocycles. The van der Waals surface area contributed by atoms with Crippen LogP contribution >= 0.6 is 0 Å². The maximum atomic E-state index is 15.4. The van der Waals surface area contributed by atoms with Gasteiger partial charge in [-0.1, -0.05) is 6.07 Å².